The Morgan fingerprint density at radius 2 is 1.84 bits per heavy atom. The Morgan fingerprint density at radius 1 is 1.21 bits per heavy atom. The largest absolute Gasteiger partial charge is 0.506 e. The van der Waals surface area contributed by atoms with Gasteiger partial charge in [-0.1, -0.05) is 17.7 Å². The second-order valence-electron chi connectivity index (χ2n) is 4.73. The molecule has 104 valence electrons. The highest BCUT2D eigenvalue weighted by atomic mass is 35.5. The van der Waals surface area contributed by atoms with Crippen LogP contribution in [0, 0.1) is 0 Å². The molecule has 2 rings (SSSR count). The monoisotopic (exact) mass is 284 g/mol. The summed E-state index contributed by atoms with van der Waals surface area (Å²) in [5.41, 5.74) is 1.05. The smallest absolute Gasteiger partial charge is 0.317 e. The maximum absolute atomic E-state index is 10.6. The number of rotatable bonds is 4. The van der Waals surface area contributed by atoms with Crippen molar-refractivity contribution in [2.24, 2.45) is 0 Å². The highest BCUT2D eigenvalue weighted by molar-refractivity contribution is 6.32. The predicted molar refractivity (Wildman–Crippen MR) is 72.5 cm³/mol. The number of phenolic OH excluding ortho intramolecular Hbond substituents is 1. The highest BCUT2D eigenvalue weighted by Gasteiger charge is 2.18. The first-order valence-electron chi connectivity index (χ1n) is 6.18. The van der Waals surface area contributed by atoms with Gasteiger partial charge in [0.05, 0.1) is 11.6 Å². The van der Waals surface area contributed by atoms with Crippen molar-refractivity contribution in [3.8, 4) is 5.75 Å². The third-order valence-corrected chi connectivity index (χ3v) is 3.54. The molecule has 0 unspecified atom stereocenters. The number of hydrogen-bond acceptors (Lipinski definition) is 4. The molecule has 0 aromatic heterocycles. The van der Waals surface area contributed by atoms with Crippen molar-refractivity contribution >= 4 is 17.6 Å². The van der Waals surface area contributed by atoms with Crippen molar-refractivity contribution in [2.75, 3.05) is 32.7 Å². The Bertz CT molecular complexity index is 459. The van der Waals surface area contributed by atoms with Crippen LogP contribution in [0.25, 0.3) is 0 Å². The summed E-state index contributed by atoms with van der Waals surface area (Å²) in [5, 5.41) is 18.5. The number of nitrogens with zero attached hydrogens (tertiary/aromatic N) is 2. The highest BCUT2D eigenvalue weighted by Crippen LogP contribution is 2.24. The van der Waals surface area contributed by atoms with E-state index in [0.717, 1.165) is 38.3 Å². The Labute approximate surface area is 117 Å². The maximum atomic E-state index is 10.6. The Balaban J connectivity index is 1.85. The molecule has 0 aliphatic carbocycles. The van der Waals surface area contributed by atoms with Crippen LogP contribution in [-0.2, 0) is 11.3 Å². The van der Waals surface area contributed by atoms with Crippen molar-refractivity contribution in [1.29, 1.82) is 0 Å². The molecule has 6 heteroatoms. The summed E-state index contributed by atoms with van der Waals surface area (Å²) < 4.78 is 0. The summed E-state index contributed by atoms with van der Waals surface area (Å²) in [6.07, 6.45) is 0. The van der Waals surface area contributed by atoms with Crippen molar-refractivity contribution in [3.05, 3.63) is 28.8 Å². The standard InChI is InChI=1S/C13H17ClN2O3/c14-11-7-10(1-2-12(11)17)8-15-3-5-16(6-4-15)9-13(18)19/h1-2,7,17H,3-6,8-9H2,(H,18,19). The van der Waals surface area contributed by atoms with Gasteiger partial charge in [0.15, 0.2) is 0 Å². The first-order chi connectivity index (χ1) is 9.04. The van der Waals surface area contributed by atoms with Gasteiger partial charge in [0.1, 0.15) is 5.75 Å². The molecule has 1 fully saturated rings. The van der Waals surface area contributed by atoms with Gasteiger partial charge in [-0.05, 0) is 17.7 Å². The zero-order valence-electron chi connectivity index (χ0n) is 10.5. The number of benzene rings is 1. The fourth-order valence-electron chi connectivity index (χ4n) is 2.20. The Morgan fingerprint density at radius 3 is 2.42 bits per heavy atom. The summed E-state index contributed by atoms with van der Waals surface area (Å²) in [5.74, 6) is -0.685. The molecule has 0 bridgehead atoms. The lowest BCUT2D eigenvalue weighted by Crippen LogP contribution is -2.47. The van der Waals surface area contributed by atoms with E-state index in [4.69, 9.17) is 16.7 Å². The molecule has 1 heterocycles. The summed E-state index contributed by atoms with van der Waals surface area (Å²) in [6, 6.07) is 5.21. The van der Waals surface area contributed by atoms with Gasteiger partial charge in [-0.15, -0.1) is 0 Å². The van der Waals surface area contributed by atoms with Gasteiger partial charge >= 0.3 is 5.97 Å². The van der Waals surface area contributed by atoms with Crippen LogP contribution in [0.15, 0.2) is 18.2 Å². The fraction of sp³-hybridized carbons (Fsp3) is 0.462. The van der Waals surface area contributed by atoms with Crippen molar-refractivity contribution in [2.45, 2.75) is 6.54 Å². The van der Waals surface area contributed by atoms with Gasteiger partial charge in [-0.2, -0.15) is 0 Å². The lowest BCUT2D eigenvalue weighted by molar-refractivity contribution is -0.138. The summed E-state index contributed by atoms with van der Waals surface area (Å²) >= 11 is 5.87. The molecule has 1 aromatic carbocycles. The van der Waals surface area contributed by atoms with Crippen molar-refractivity contribution in [1.82, 2.24) is 9.80 Å². The van der Waals surface area contributed by atoms with E-state index in [9.17, 15) is 9.90 Å². The number of piperazine rings is 1. The first-order valence-corrected chi connectivity index (χ1v) is 6.56. The van der Waals surface area contributed by atoms with E-state index in [2.05, 4.69) is 4.90 Å². The summed E-state index contributed by atoms with van der Waals surface area (Å²) in [4.78, 5) is 14.8. The van der Waals surface area contributed by atoms with E-state index in [0.29, 0.717) is 5.02 Å². The molecule has 1 saturated heterocycles. The number of carbonyl (C=O) groups is 1. The zero-order valence-corrected chi connectivity index (χ0v) is 11.3. The normalized spacial score (nSPS) is 17.5. The second kappa shape index (κ2) is 6.23. The quantitative estimate of drug-likeness (QED) is 0.871. The van der Waals surface area contributed by atoms with E-state index in [1.165, 1.54) is 0 Å². The SMILES string of the molecule is O=C(O)CN1CCN(Cc2ccc(O)c(Cl)c2)CC1. The average Bonchev–Trinajstić information content (AvgIpc) is 2.36. The summed E-state index contributed by atoms with van der Waals surface area (Å²) in [7, 11) is 0. The minimum atomic E-state index is -0.779. The fourth-order valence-corrected chi connectivity index (χ4v) is 2.41. The predicted octanol–water partition coefficient (Wildman–Crippen LogP) is 1.25. The van der Waals surface area contributed by atoms with E-state index in [1.807, 2.05) is 11.0 Å². The number of carboxylic acid groups (broad SMARTS) is 1. The first kappa shape index (κ1) is 14.1. The van der Waals surface area contributed by atoms with Gasteiger partial charge in [-0.25, -0.2) is 0 Å². The molecule has 5 nitrogen and oxygen atoms in total. The second-order valence-corrected chi connectivity index (χ2v) is 5.14. The third-order valence-electron chi connectivity index (χ3n) is 3.24. The van der Waals surface area contributed by atoms with Crippen LogP contribution in [0.1, 0.15) is 5.56 Å². The molecule has 1 aliphatic heterocycles. The van der Waals surface area contributed by atoms with Crippen LogP contribution in [0.5, 0.6) is 5.75 Å². The van der Waals surface area contributed by atoms with Gasteiger partial charge in [0, 0.05) is 32.7 Å². The lowest BCUT2D eigenvalue weighted by atomic mass is 10.2. The molecule has 0 atom stereocenters. The zero-order chi connectivity index (χ0) is 13.8. The number of phenols is 1. The maximum Gasteiger partial charge on any atom is 0.317 e. The van der Waals surface area contributed by atoms with Crippen LogP contribution in [-0.4, -0.2) is 58.7 Å². The van der Waals surface area contributed by atoms with Crippen LogP contribution >= 0.6 is 11.6 Å². The van der Waals surface area contributed by atoms with Gasteiger partial charge in [-0.3, -0.25) is 14.6 Å². The van der Waals surface area contributed by atoms with Crippen LogP contribution in [0.2, 0.25) is 5.02 Å². The number of aliphatic carboxylic acids is 1. The van der Waals surface area contributed by atoms with Crippen LogP contribution in [0.4, 0.5) is 0 Å². The number of halogens is 1. The van der Waals surface area contributed by atoms with Crippen LogP contribution < -0.4 is 0 Å². The minimum Gasteiger partial charge on any atom is -0.506 e. The van der Waals surface area contributed by atoms with Crippen molar-refractivity contribution < 1.29 is 15.0 Å². The van der Waals surface area contributed by atoms with E-state index < -0.39 is 5.97 Å². The summed E-state index contributed by atoms with van der Waals surface area (Å²) in [6.45, 7) is 4.08. The molecule has 1 aromatic rings. The van der Waals surface area contributed by atoms with Crippen LogP contribution in [0.3, 0.4) is 0 Å². The lowest BCUT2D eigenvalue weighted by Gasteiger charge is -2.33. The topological polar surface area (TPSA) is 64.0 Å². The number of aromatic hydroxyl groups is 1. The van der Waals surface area contributed by atoms with Crippen molar-refractivity contribution in [3.63, 3.8) is 0 Å². The Hall–Kier alpha value is -1.30. The molecule has 0 amide bonds. The molecule has 0 saturated carbocycles. The number of carboxylic acids is 1. The molecular formula is C13H17ClN2O3. The molecule has 2 N–H and O–H groups in total. The molecule has 19 heavy (non-hydrogen) atoms. The number of hydrogen-bond donors (Lipinski definition) is 2. The molecule has 0 spiro atoms. The minimum absolute atomic E-state index is 0.0942. The molecular weight excluding hydrogens is 268 g/mol. The van der Waals surface area contributed by atoms with E-state index in [1.54, 1.807) is 12.1 Å². The van der Waals surface area contributed by atoms with E-state index in [-0.39, 0.29) is 12.3 Å². The van der Waals surface area contributed by atoms with Gasteiger partial charge in [0.25, 0.3) is 0 Å². The molecule has 1 aliphatic rings. The molecule has 0 radical (unpaired) electrons. The Kier molecular flexibility index (Phi) is 4.63. The van der Waals surface area contributed by atoms with Gasteiger partial charge < -0.3 is 10.2 Å². The van der Waals surface area contributed by atoms with Gasteiger partial charge in [0.2, 0.25) is 0 Å². The van der Waals surface area contributed by atoms with E-state index >= 15 is 0 Å². The third kappa shape index (κ3) is 4.09. The average molecular weight is 285 g/mol.